The van der Waals surface area contributed by atoms with E-state index in [-0.39, 0.29) is 11.3 Å². The van der Waals surface area contributed by atoms with E-state index in [9.17, 15) is 14.7 Å². The number of carbonyl (C=O) groups is 2. The highest BCUT2D eigenvalue weighted by atomic mass is 32.1. The summed E-state index contributed by atoms with van der Waals surface area (Å²) in [5.41, 5.74) is 5.57. The van der Waals surface area contributed by atoms with Crippen molar-refractivity contribution in [3.63, 3.8) is 0 Å². The maximum atomic E-state index is 12.2. The normalized spacial score (nSPS) is 11.0. The summed E-state index contributed by atoms with van der Waals surface area (Å²) in [6.07, 6.45) is 1.89. The molecule has 0 aliphatic heterocycles. The number of thiazole rings is 1. The molecule has 0 unspecified atom stereocenters. The van der Waals surface area contributed by atoms with E-state index in [2.05, 4.69) is 15.8 Å². The number of rotatable bonds is 2. The smallest absolute Gasteiger partial charge is 0.279 e. The zero-order chi connectivity index (χ0) is 16.7. The highest BCUT2D eigenvalue weighted by Gasteiger charge is 2.16. The van der Waals surface area contributed by atoms with Crippen molar-refractivity contribution in [1.82, 2.24) is 20.2 Å². The highest BCUT2D eigenvalue weighted by molar-refractivity contribution is 7.21. The molecular formula is C15H10N4O3S2. The molecule has 2 amide bonds. The molecule has 0 atom stereocenters. The van der Waals surface area contributed by atoms with Crippen LogP contribution in [0.1, 0.15) is 20.0 Å². The Kier molecular flexibility index (Phi) is 3.44. The quantitative estimate of drug-likeness (QED) is 0.480. The molecule has 3 aromatic heterocycles. The molecule has 0 saturated heterocycles. The fourth-order valence-electron chi connectivity index (χ4n) is 2.27. The molecule has 9 heteroatoms. The molecule has 120 valence electrons. The summed E-state index contributed by atoms with van der Waals surface area (Å²) in [6, 6.07) is 7.82. The molecule has 24 heavy (non-hydrogen) atoms. The van der Waals surface area contributed by atoms with Gasteiger partial charge in [-0.15, -0.1) is 22.7 Å². The van der Waals surface area contributed by atoms with Crippen molar-refractivity contribution in [2.75, 3.05) is 0 Å². The van der Waals surface area contributed by atoms with Crippen molar-refractivity contribution in [3.8, 4) is 5.75 Å². The van der Waals surface area contributed by atoms with Gasteiger partial charge in [0.05, 0.1) is 16.0 Å². The van der Waals surface area contributed by atoms with E-state index in [4.69, 9.17) is 0 Å². The molecule has 0 saturated carbocycles. The largest absolute Gasteiger partial charge is 0.507 e. The number of nitrogens with zero attached hydrogens (tertiary/aromatic N) is 2. The molecule has 7 nitrogen and oxygen atoms in total. The van der Waals surface area contributed by atoms with Gasteiger partial charge in [0.15, 0.2) is 4.96 Å². The molecule has 3 N–H and O–H groups in total. The number of carbonyl (C=O) groups excluding carboxylic acids is 2. The molecule has 1 aromatic carbocycles. The standard InChI is InChI=1S/C15H10N4O3S2/c20-10-4-2-1-3-8(10)12(21)17-18-13(22)11-7-9-14(24-11)16-15-19(9)5-6-23-15/h1-7,20H,(H,17,21)(H,18,22). The Balaban J connectivity index is 1.51. The molecule has 0 radical (unpaired) electrons. The van der Waals surface area contributed by atoms with Crippen molar-refractivity contribution in [3.05, 3.63) is 52.3 Å². The van der Waals surface area contributed by atoms with Crippen LogP contribution in [-0.2, 0) is 0 Å². The highest BCUT2D eigenvalue weighted by Crippen LogP contribution is 2.28. The van der Waals surface area contributed by atoms with Crippen LogP contribution in [0.15, 0.2) is 41.9 Å². The number of hydrogen-bond donors (Lipinski definition) is 3. The summed E-state index contributed by atoms with van der Waals surface area (Å²) >= 11 is 2.77. The third-order valence-electron chi connectivity index (χ3n) is 3.40. The summed E-state index contributed by atoms with van der Waals surface area (Å²) in [4.78, 5) is 30.7. The minimum Gasteiger partial charge on any atom is -0.507 e. The first-order valence-corrected chi connectivity index (χ1v) is 8.57. The Morgan fingerprint density at radius 3 is 2.79 bits per heavy atom. The summed E-state index contributed by atoms with van der Waals surface area (Å²) < 4.78 is 1.91. The van der Waals surface area contributed by atoms with Gasteiger partial charge in [-0.1, -0.05) is 12.1 Å². The van der Waals surface area contributed by atoms with Crippen molar-refractivity contribution in [2.45, 2.75) is 0 Å². The van der Waals surface area contributed by atoms with Crippen LogP contribution in [0.25, 0.3) is 15.3 Å². The number of hydrogen-bond acceptors (Lipinski definition) is 6. The van der Waals surface area contributed by atoms with Gasteiger partial charge >= 0.3 is 0 Å². The number of phenols is 1. The van der Waals surface area contributed by atoms with Crippen LogP contribution >= 0.6 is 22.7 Å². The van der Waals surface area contributed by atoms with Crippen molar-refractivity contribution in [1.29, 1.82) is 0 Å². The lowest BCUT2D eigenvalue weighted by molar-refractivity contribution is 0.0847. The summed E-state index contributed by atoms with van der Waals surface area (Å²) in [7, 11) is 0. The lowest BCUT2D eigenvalue weighted by atomic mass is 10.2. The predicted molar refractivity (Wildman–Crippen MR) is 91.5 cm³/mol. The summed E-state index contributed by atoms with van der Waals surface area (Å²) in [6.45, 7) is 0. The first-order valence-electron chi connectivity index (χ1n) is 6.87. The van der Waals surface area contributed by atoms with E-state index >= 15 is 0 Å². The van der Waals surface area contributed by atoms with Crippen LogP contribution < -0.4 is 10.9 Å². The Hall–Kier alpha value is -2.91. The molecular weight excluding hydrogens is 348 g/mol. The number of phenolic OH excluding ortho intramolecular Hbond substituents is 1. The molecule has 4 rings (SSSR count). The number of fused-ring (bicyclic) bond motifs is 3. The average Bonchev–Trinajstić information content (AvgIpc) is 3.24. The number of aromatic hydroxyl groups is 1. The first kappa shape index (κ1) is 14.7. The molecule has 0 aliphatic carbocycles. The van der Waals surface area contributed by atoms with E-state index in [0.717, 1.165) is 15.3 Å². The molecule has 0 aliphatic rings. The third-order valence-corrected chi connectivity index (χ3v) is 5.18. The number of amides is 2. The van der Waals surface area contributed by atoms with Crippen LogP contribution in [0.5, 0.6) is 5.75 Å². The second-order valence-corrected chi connectivity index (χ2v) is 6.80. The van der Waals surface area contributed by atoms with Gasteiger partial charge in [-0.2, -0.15) is 0 Å². The summed E-state index contributed by atoms with van der Waals surface area (Å²) in [5.74, 6) is -1.19. The van der Waals surface area contributed by atoms with E-state index in [1.807, 2.05) is 16.0 Å². The van der Waals surface area contributed by atoms with E-state index in [1.54, 1.807) is 18.2 Å². The molecule has 0 fully saturated rings. The van der Waals surface area contributed by atoms with Gasteiger partial charge < -0.3 is 5.11 Å². The van der Waals surface area contributed by atoms with Crippen LogP contribution in [-0.4, -0.2) is 26.3 Å². The first-order chi connectivity index (χ1) is 11.6. The van der Waals surface area contributed by atoms with Crippen LogP contribution in [0.3, 0.4) is 0 Å². The summed E-state index contributed by atoms with van der Waals surface area (Å²) in [5, 5.41) is 11.6. The topological polar surface area (TPSA) is 95.7 Å². The number of thiophene rings is 1. The number of nitrogens with one attached hydrogen (secondary N) is 2. The van der Waals surface area contributed by atoms with Gasteiger partial charge in [-0.25, -0.2) is 4.98 Å². The zero-order valence-corrected chi connectivity index (χ0v) is 13.6. The van der Waals surface area contributed by atoms with Gasteiger partial charge in [0.2, 0.25) is 0 Å². The van der Waals surface area contributed by atoms with Gasteiger partial charge in [-0.05, 0) is 18.2 Å². The zero-order valence-electron chi connectivity index (χ0n) is 12.0. The van der Waals surface area contributed by atoms with Gasteiger partial charge in [0.1, 0.15) is 10.6 Å². The van der Waals surface area contributed by atoms with Gasteiger partial charge in [0.25, 0.3) is 11.8 Å². The maximum absolute atomic E-state index is 12.2. The lowest BCUT2D eigenvalue weighted by Crippen LogP contribution is -2.41. The van der Waals surface area contributed by atoms with Crippen LogP contribution in [0.2, 0.25) is 0 Å². The average molecular weight is 358 g/mol. The second-order valence-electron chi connectivity index (χ2n) is 4.89. The number of benzene rings is 1. The SMILES string of the molecule is O=C(NNC(=O)c1ccccc1O)c1cc2c(nc3sccn32)s1. The number of hydrazine groups is 1. The Bertz CT molecular complexity index is 1080. The Morgan fingerprint density at radius 1 is 1.17 bits per heavy atom. The molecule has 0 bridgehead atoms. The minimum atomic E-state index is -0.593. The maximum Gasteiger partial charge on any atom is 0.279 e. The number of para-hydroxylation sites is 1. The monoisotopic (exact) mass is 358 g/mol. The molecule has 3 heterocycles. The fraction of sp³-hybridized carbons (Fsp3) is 0. The molecule has 0 spiro atoms. The van der Waals surface area contributed by atoms with Crippen molar-refractivity contribution >= 4 is 49.8 Å². The minimum absolute atomic E-state index is 0.0833. The van der Waals surface area contributed by atoms with Crippen molar-refractivity contribution in [2.24, 2.45) is 0 Å². The van der Waals surface area contributed by atoms with Crippen LogP contribution in [0.4, 0.5) is 0 Å². The van der Waals surface area contributed by atoms with E-state index < -0.39 is 11.8 Å². The Labute approximate surface area is 143 Å². The van der Waals surface area contributed by atoms with Gasteiger partial charge in [-0.3, -0.25) is 24.8 Å². The van der Waals surface area contributed by atoms with Gasteiger partial charge in [0, 0.05) is 11.6 Å². The third kappa shape index (κ3) is 2.39. The fourth-order valence-corrected chi connectivity index (χ4v) is 3.96. The van der Waals surface area contributed by atoms with Crippen LogP contribution in [0, 0.1) is 0 Å². The molecule has 4 aromatic rings. The van der Waals surface area contributed by atoms with E-state index in [0.29, 0.717) is 4.88 Å². The Morgan fingerprint density at radius 2 is 1.96 bits per heavy atom. The lowest BCUT2D eigenvalue weighted by Gasteiger charge is -2.07. The van der Waals surface area contributed by atoms with Crippen molar-refractivity contribution < 1.29 is 14.7 Å². The number of aromatic nitrogens is 2. The predicted octanol–water partition coefficient (Wildman–Crippen LogP) is 2.39. The number of imidazole rings is 1. The van der Waals surface area contributed by atoms with E-state index in [1.165, 1.54) is 34.8 Å². The second kappa shape index (κ2) is 5.62.